The number of rotatable bonds is 5. The zero-order valence-electron chi connectivity index (χ0n) is 12.5. The molecule has 7 heteroatoms. The third kappa shape index (κ3) is 3.99. The first-order valence-corrected chi connectivity index (χ1v) is 7.93. The lowest BCUT2D eigenvalue weighted by atomic mass is 9.93. The summed E-state index contributed by atoms with van der Waals surface area (Å²) in [4.78, 5) is 12.1. The minimum Gasteiger partial charge on any atom is -0.264 e. The second kappa shape index (κ2) is 7.74. The zero-order chi connectivity index (χ0) is 16.8. The van der Waals surface area contributed by atoms with Gasteiger partial charge in [0, 0.05) is 41.4 Å². The van der Waals surface area contributed by atoms with Gasteiger partial charge in [0.25, 0.3) is 0 Å². The van der Waals surface area contributed by atoms with Crippen LogP contribution in [0, 0.1) is 5.82 Å². The summed E-state index contributed by atoms with van der Waals surface area (Å²) in [5, 5.41) is 4.25. The summed E-state index contributed by atoms with van der Waals surface area (Å²) in [6, 6.07) is 8.23. The maximum Gasteiger partial charge on any atom is 0.164 e. The molecule has 0 bridgehead atoms. The van der Waals surface area contributed by atoms with E-state index in [1.165, 1.54) is 12.1 Å². The van der Waals surface area contributed by atoms with E-state index in [1.54, 1.807) is 49.3 Å². The standard InChI is InChI=1S/C17H13BrFN5/c18-16-10-20-6-5-14(16)15(12-1-3-13(19)4-2-12)9-23-24-17-11-21-7-8-22-17/h1-11,15H,(H,22,24). The van der Waals surface area contributed by atoms with Gasteiger partial charge in [-0.3, -0.25) is 15.4 Å². The lowest BCUT2D eigenvalue weighted by Gasteiger charge is -2.14. The monoisotopic (exact) mass is 385 g/mol. The summed E-state index contributed by atoms with van der Waals surface area (Å²) in [7, 11) is 0. The van der Waals surface area contributed by atoms with Gasteiger partial charge in [-0.05, 0) is 45.3 Å². The number of halogens is 2. The molecule has 0 fully saturated rings. The van der Waals surface area contributed by atoms with E-state index in [0.717, 1.165) is 15.6 Å². The summed E-state index contributed by atoms with van der Waals surface area (Å²) in [6.45, 7) is 0. The quantitative estimate of drug-likeness (QED) is 0.532. The Morgan fingerprint density at radius 3 is 2.54 bits per heavy atom. The predicted molar refractivity (Wildman–Crippen MR) is 94.3 cm³/mol. The van der Waals surface area contributed by atoms with Crippen molar-refractivity contribution in [2.24, 2.45) is 5.10 Å². The molecule has 0 saturated carbocycles. The Morgan fingerprint density at radius 1 is 1.04 bits per heavy atom. The molecule has 120 valence electrons. The minimum absolute atomic E-state index is 0.174. The summed E-state index contributed by atoms with van der Waals surface area (Å²) < 4.78 is 14.1. The molecule has 1 atom stereocenters. The van der Waals surface area contributed by atoms with Crippen LogP contribution in [0.5, 0.6) is 0 Å². The molecule has 3 rings (SSSR count). The van der Waals surface area contributed by atoms with Crippen molar-refractivity contribution in [2.75, 3.05) is 5.43 Å². The fourth-order valence-electron chi connectivity index (χ4n) is 2.19. The number of nitrogens with one attached hydrogen (secondary N) is 1. The number of hydrogen-bond acceptors (Lipinski definition) is 5. The van der Waals surface area contributed by atoms with Crippen LogP contribution < -0.4 is 5.43 Å². The third-order valence-corrected chi connectivity index (χ3v) is 4.00. The highest BCUT2D eigenvalue weighted by Gasteiger charge is 2.15. The topological polar surface area (TPSA) is 63.1 Å². The van der Waals surface area contributed by atoms with Crippen LogP contribution in [0.1, 0.15) is 17.0 Å². The number of benzene rings is 1. The van der Waals surface area contributed by atoms with Crippen molar-refractivity contribution in [3.05, 3.63) is 82.7 Å². The summed E-state index contributed by atoms with van der Waals surface area (Å²) in [6.07, 6.45) is 9.91. The Morgan fingerprint density at radius 2 is 1.83 bits per heavy atom. The smallest absolute Gasteiger partial charge is 0.164 e. The molecule has 3 aromatic rings. The number of hydrogen-bond donors (Lipinski definition) is 1. The molecular weight excluding hydrogens is 373 g/mol. The first kappa shape index (κ1) is 16.2. The Hall–Kier alpha value is -2.67. The number of aromatic nitrogens is 3. The minimum atomic E-state index is -0.277. The molecule has 2 aromatic heterocycles. The van der Waals surface area contributed by atoms with Crippen molar-refractivity contribution in [3.63, 3.8) is 0 Å². The second-order valence-corrected chi connectivity index (χ2v) is 5.76. The van der Waals surface area contributed by atoms with Crippen molar-refractivity contribution >= 4 is 28.0 Å². The first-order chi connectivity index (χ1) is 11.7. The van der Waals surface area contributed by atoms with Gasteiger partial charge in [-0.1, -0.05) is 12.1 Å². The van der Waals surface area contributed by atoms with Gasteiger partial charge in [-0.2, -0.15) is 5.10 Å². The van der Waals surface area contributed by atoms with Gasteiger partial charge < -0.3 is 0 Å². The average Bonchev–Trinajstić information content (AvgIpc) is 2.62. The van der Waals surface area contributed by atoms with E-state index < -0.39 is 0 Å². The molecule has 0 spiro atoms. The summed E-state index contributed by atoms with van der Waals surface area (Å²) in [5.74, 6) is 0.0912. The molecule has 0 aliphatic rings. The van der Waals surface area contributed by atoms with E-state index in [1.807, 2.05) is 6.07 Å². The molecule has 0 aliphatic heterocycles. The maximum atomic E-state index is 13.2. The zero-order valence-corrected chi connectivity index (χ0v) is 14.1. The molecule has 0 aliphatic carbocycles. The Labute approximate surface area is 146 Å². The molecule has 24 heavy (non-hydrogen) atoms. The fourth-order valence-corrected chi connectivity index (χ4v) is 2.69. The average molecular weight is 386 g/mol. The van der Waals surface area contributed by atoms with E-state index in [2.05, 4.69) is 41.4 Å². The normalized spacial score (nSPS) is 12.2. The van der Waals surface area contributed by atoms with Crippen molar-refractivity contribution in [2.45, 2.75) is 5.92 Å². The van der Waals surface area contributed by atoms with Crippen LogP contribution in [0.4, 0.5) is 10.2 Å². The van der Waals surface area contributed by atoms with Crippen molar-refractivity contribution < 1.29 is 4.39 Å². The Balaban J connectivity index is 1.90. The molecule has 1 N–H and O–H groups in total. The van der Waals surface area contributed by atoms with Gasteiger partial charge in [-0.25, -0.2) is 9.37 Å². The molecule has 5 nitrogen and oxygen atoms in total. The van der Waals surface area contributed by atoms with Crippen LogP contribution in [-0.2, 0) is 0 Å². The summed E-state index contributed by atoms with van der Waals surface area (Å²) in [5.41, 5.74) is 4.72. The van der Waals surface area contributed by atoms with Gasteiger partial charge in [0.2, 0.25) is 0 Å². The number of hydrazone groups is 1. The van der Waals surface area contributed by atoms with Crippen LogP contribution in [0.15, 0.2) is 70.9 Å². The third-order valence-electron chi connectivity index (χ3n) is 3.33. The van der Waals surface area contributed by atoms with Crippen molar-refractivity contribution in [3.8, 4) is 0 Å². The Bertz CT molecular complexity index is 824. The second-order valence-electron chi connectivity index (χ2n) is 4.91. The highest BCUT2D eigenvalue weighted by Crippen LogP contribution is 2.28. The molecule has 0 radical (unpaired) electrons. The predicted octanol–water partition coefficient (Wildman–Crippen LogP) is 4.00. The van der Waals surface area contributed by atoms with Crippen LogP contribution in [0.25, 0.3) is 0 Å². The molecule has 0 saturated heterocycles. The SMILES string of the molecule is Fc1ccc(C(C=NNc2cnccn2)c2ccncc2Br)cc1. The van der Waals surface area contributed by atoms with Crippen LogP contribution in [0.2, 0.25) is 0 Å². The van der Waals surface area contributed by atoms with Gasteiger partial charge in [0.05, 0.1) is 6.20 Å². The van der Waals surface area contributed by atoms with E-state index in [0.29, 0.717) is 5.82 Å². The lowest BCUT2D eigenvalue weighted by molar-refractivity contribution is 0.627. The molecule has 0 amide bonds. The maximum absolute atomic E-state index is 13.2. The number of pyridine rings is 1. The van der Waals surface area contributed by atoms with Crippen molar-refractivity contribution in [1.29, 1.82) is 0 Å². The Kier molecular flexibility index (Phi) is 5.22. The molecule has 1 unspecified atom stereocenters. The van der Waals surface area contributed by atoms with Gasteiger partial charge in [0.1, 0.15) is 5.82 Å². The number of anilines is 1. The van der Waals surface area contributed by atoms with E-state index >= 15 is 0 Å². The van der Waals surface area contributed by atoms with Crippen LogP contribution >= 0.6 is 15.9 Å². The fraction of sp³-hybridized carbons (Fsp3) is 0.0588. The first-order valence-electron chi connectivity index (χ1n) is 7.14. The van der Waals surface area contributed by atoms with E-state index in [9.17, 15) is 4.39 Å². The van der Waals surface area contributed by atoms with Gasteiger partial charge >= 0.3 is 0 Å². The molecule has 1 aromatic carbocycles. The molecular formula is C17H13BrFN5. The molecule has 2 heterocycles. The van der Waals surface area contributed by atoms with Crippen molar-refractivity contribution in [1.82, 2.24) is 15.0 Å². The van der Waals surface area contributed by atoms with E-state index in [-0.39, 0.29) is 11.7 Å². The highest BCUT2D eigenvalue weighted by molar-refractivity contribution is 9.10. The lowest BCUT2D eigenvalue weighted by Crippen LogP contribution is -2.06. The van der Waals surface area contributed by atoms with E-state index in [4.69, 9.17) is 0 Å². The number of nitrogens with zero attached hydrogens (tertiary/aromatic N) is 4. The van der Waals surface area contributed by atoms with Crippen LogP contribution in [0.3, 0.4) is 0 Å². The largest absolute Gasteiger partial charge is 0.264 e. The summed E-state index contributed by atoms with van der Waals surface area (Å²) >= 11 is 3.50. The van der Waals surface area contributed by atoms with Crippen LogP contribution in [-0.4, -0.2) is 21.2 Å². The highest BCUT2D eigenvalue weighted by atomic mass is 79.9. The van der Waals surface area contributed by atoms with Gasteiger partial charge in [-0.15, -0.1) is 0 Å². The van der Waals surface area contributed by atoms with Gasteiger partial charge in [0.15, 0.2) is 5.82 Å².